The van der Waals surface area contributed by atoms with Gasteiger partial charge in [0.25, 0.3) is 0 Å². The second-order valence-electron chi connectivity index (χ2n) is 4.85. The van der Waals surface area contributed by atoms with Crippen molar-refractivity contribution in [3.8, 4) is 0 Å². The minimum absolute atomic E-state index is 0.0161. The fourth-order valence-corrected chi connectivity index (χ4v) is 2.77. The van der Waals surface area contributed by atoms with E-state index in [4.69, 9.17) is 11.6 Å². The minimum atomic E-state index is -0.595. The lowest BCUT2D eigenvalue weighted by Crippen LogP contribution is -2.30. The first-order chi connectivity index (χ1) is 9.25. The van der Waals surface area contributed by atoms with E-state index < -0.39 is 5.38 Å². The molecule has 2 aromatic rings. The average molecular weight is 275 g/mol. The summed E-state index contributed by atoms with van der Waals surface area (Å²) >= 11 is 6.33. The van der Waals surface area contributed by atoms with Crippen LogP contribution in [0.1, 0.15) is 23.8 Å². The van der Waals surface area contributed by atoms with Crippen molar-refractivity contribution in [3.63, 3.8) is 0 Å². The Morgan fingerprint density at radius 3 is 2.84 bits per heavy atom. The van der Waals surface area contributed by atoms with Crippen LogP contribution in [0.4, 0.5) is 0 Å². The summed E-state index contributed by atoms with van der Waals surface area (Å²) in [7, 11) is 0. The van der Waals surface area contributed by atoms with Crippen LogP contribution in [0.3, 0.4) is 0 Å². The third-order valence-corrected chi connectivity index (χ3v) is 3.99. The number of carbonyl (C=O) groups excluding carboxylic acids is 1. The number of alkyl halides is 1. The van der Waals surface area contributed by atoms with E-state index in [0.717, 1.165) is 42.4 Å². The molecule has 0 spiro atoms. The fraction of sp³-hybridized carbons (Fsp3) is 0.333. The van der Waals surface area contributed by atoms with Crippen molar-refractivity contribution in [1.82, 2.24) is 9.88 Å². The van der Waals surface area contributed by atoms with Crippen LogP contribution in [0.2, 0.25) is 0 Å². The monoisotopic (exact) mass is 274 g/mol. The predicted molar refractivity (Wildman–Crippen MR) is 76.2 cm³/mol. The molecule has 0 aliphatic carbocycles. The molecule has 0 radical (unpaired) electrons. The Hall–Kier alpha value is -1.61. The number of rotatable bonds is 2. The van der Waals surface area contributed by atoms with Crippen LogP contribution in [-0.2, 0) is 4.79 Å². The number of carbonyl (C=O) groups is 1. The molecule has 1 aliphatic rings. The molecule has 1 unspecified atom stereocenters. The van der Waals surface area contributed by atoms with Gasteiger partial charge in [-0.25, -0.2) is 0 Å². The molecule has 1 aromatic carbocycles. The summed E-state index contributed by atoms with van der Waals surface area (Å²) in [6.07, 6.45) is 3.92. The summed E-state index contributed by atoms with van der Waals surface area (Å²) in [5, 5.41) is 0.419. The molecule has 1 aromatic heterocycles. The molecule has 2 heterocycles. The number of halogens is 1. The first-order valence-corrected chi connectivity index (χ1v) is 6.97. The lowest BCUT2D eigenvalue weighted by molar-refractivity contribution is -0.129. The van der Waals surface area contributed by atoms with Crippen LogP contribution in [0.25, 0.3) is 10.9 Å². The smallest absolute Gasteiger partial charge is 0.245 e. The second kappa shape index (κ2) is 5.17. The van der Waals surface area contributed by atoms with E-state index in [1.54, 1.807) is 6.20 Å². The van der Waals surface area contributed by atoms with E-state index in [1.165, 1.54) is 0 Å². The first kappa shape index (κ1) is 12.4. The Bertz CT molecular complexity index is 608. The number of amides is 1. The summed E-state index contributed by atoms with van der Waals surface area (Å²) in [5.41, 5.74) is 1.77. The van der Waals surface area contributed by atoms with Crippen LogP contribution in [0, 0.1) is 0 Å². The highest BCUT2D eigenvalue weighted by atomic mass is 35.5. The van der Waals surface area contributed by atoms with Gasteiger partial charge in [-0.1, -0.05) is 12.1 Å². The van der Waals surface area contributed by atoms with Gasteiger partial charge in [-0.15, -0.1) is 11.6 Å². The van der Waals surface area contributed by atoms with Gasteiger partial charge >= 0.3 is 0 Å². The van der Waals surface area contributed by atoms with E-state index in [9.17, 15) is 4.79 Å². The largest absolute Gasteiger partial charge is 0.341 e. The molecule has 1 aliphatic heterocycles. The summed E-state index contributed by atoms with van der Waals surface area (Å²) in [5.74, 6) is 0.0161. The first-order valence-electron chi connectivity index (χ1n) is 6.53. The molecule has 1 saturated heterocycles. The third kappa shape index (κ3) is 2.43. The number of pyridine rings is 1. The molecule has 3 rings (SSSR count). The molecule has 1 fully saturated rings. The summed E-state index contributed by atoms with van der Waals surface area (Å²) < 4.78 is 0. The number of fused-ring (bicyclic) bond motifs is 1. The summed E-state index contributed by atoms with van der Waals surface area (Å²) in [6, 6.07) is 9.62. The molecule has 98 valence electrons. The van der Waals surface area contributed by atoms with E-state index in [0.29, 0.717) is 0 Å². The van der Waals surface area contributed by atoms with Gasteiger partial charge in [0, 0.05) is 24.7 Å². The van der Waals surface area contributed by atoms with Crippen molar-refractivity contribution >= 4 is 28.4 Å². The summed E-state index contributed by atoms with van der Waals surface area (Å²) in [6.45, 7) is 1.66. The highest BCUT2D eigenvalue weighted by molar-refractivity contribution is 6.30. The van der Waals surface area contributed by atoms with Gasteiger partial charge in [-0.05, 0) is 36.6 Å². The van der Waals surface area contributed by atoms with Crippen molar-refractivity contribution < 1.29 is 4.79 Å². The van der Waals surface area contributed by atoms with Gasteiger partial charge in [0.15, 0.2) is 0 Å². The maximum atomic E-state index is 12.3. The van der Waals surface area contributed by atoms with Gasteiger partial charge < -0.3 is 4.90 Å². The predicted octanol–water partition coefficient (Wildman–Crippen LogP) is 3.14. The van der Waals surface area contributed by atoms with E-state index >= 15 is 0 Å². The molecular formula is C15H15ClN2O. The normalized spacial score (nSPS) is 16.8. The molecule has 19 heavy (non-hydrogen) atoms. The SMILES string of the molecule is O=C(C(Cl)c1ccc2ncccc2c1)N1CCCC1. The van der Waals surface area contributed by atoms with Crippen molar-refractivity contribution in [2.45, 2.75) is 18.2 Å². The molecular weight excluding hydrogens is 260 g/mol. The number of hydrogen-bond donors (Lipinski definition) is 0. The molecule has 0 saturated carbocycles. The quantitative estimate of drug-likeness (QED) is 0.788. The lowest BCUT2D eigenvalue weighted by Gasteiger charge is -2.19. The van der Waals surface area contributed by atoms with Crippen LogP contribution in [0.5, 0.6) is 0 Å². The Morgan fingerprint density at radius 2 is 2.05 bits per heavy atom. The Balaban J connectivity index is 1.88. The van der Waals surface area contributed by atoms with Crippen LogP contribution < -0.4 is 0 Å². The third-order valence-electron chi connectivity index (χ3n) is 3.55. The number of hydrogen-bond acceptors (Lipinski definition) is 2. The van der Waals surface area contributed by atoms with E-state index in [2.05, 4.69) is 4.98 Å². The number of likely N-dealkylation sites (tertiary alicyclic amines) is 1. The maximum Gasteiger partial charge on any atom is 0.245 e. The van der Waals surface area contributed by atoms with Crippen molar-refractivity contribution in [2.75, 3.05) is 13.1 Å². The Morgan fingerprint density at radius 1 is 1.26 bits per heavy atom. The molecule has 1 atom stereocenters. The standard InChI is InChI=1S/C15H15ClN2O/c16-14(15(19)18-8-1-2-9-18)12-5-6-13-11(10-12)4-3-7-17-13/h3-7,10,14H,1-2,8-9H2. The van der Waals surface area contributed by atoms with Crippen molar-refractivity contribution in [1.29, 1.82) is 0 Å². The van der Waals surface area contributed by atoms with Gasteiger partial charge in [-0.2, -0.15) is 0 Å². The topological polar surface area (TPSA) is 33.2 Å². The maximum absolute atomic E-state index is 12.3. The van der Waals surface area contributed by atoms with Crippen LogP contribution in [0.15, 0.2) is 36.5 Å². The van der Waals surface area contributed by atoms with E-state index in [-0.39, 0.29) is 5.91 Å². The average Bonchev–Trinajstić information content (AvgIpc) is 2.99. The zero-order valence-electron chi connectivity index (χ0n) is 10.6. The second-order valence-corrected chi connectivity index (χ2v) is 5.29. The van der Waals surface area contributed by atoms with Crippen molar-refractivity contribution in [2.24, 2.45) is 0 Å². The number of aromatic nitrogens is 1. The van der Waals surface area contributed by atoms with Gasteiger partial charge in [-0.3, -0.25) is 9.78 Å². The van der Waals surface area contributed by atoms with Crippen LogP contribution >= 0.6 is 11.6 Å². The zero-order valence-corrected chi connectivity index (χ0v) is 11.3. The molecule has 0 bridgehead atoms. The number of benzene rings is 1. The molecule has 1 amide bonds. The highest BCUT2D eigenvalue weighted by Gasteiger charge is 2.26. The van der Waals surface area contributed by atoms with Crippen molar-refractivity contribution in [3.05, 3.63) is 42.1 Å². The van der Waals surface area contributed by atoms with Crippen LogP contribution in [-0.4, -0.2) is 28.9 Å². The lowest BCUT2D eigenvalue weighted by atomic mass is 10.1. The minimum Gasteiger partial charge on any atom is -0.341 e. The molecule has 3 nitrogen and oxygen atoms in total. The molecule has 4 heteroatoms. The Labute approximate surface area is 117 Å². The van der Waals surface area contributed by atoms with Gasteiger partial charge in [0.05, 0.1) is 5.52 Å². The number of nitrogens with zero attached hydrogens (tertiary/aromatic N) is 2. The van der Waals surface area contributed by atoms with E-state index in [1.807, 2.05) is 35.2 Å². The highest BCUT2D eigenvalue weighted by Crippen LogP contribution is 2.27. The summed E-state index contributed by atoms with van der Waals surface area (Å²) in [4.78, 5) is 18.4. The molecule has 0 N–H and O–H groups in total. The van der Waals surface area contributed by atoms with Gasteiger partial charge in [0.1, 0.15) is 5.38 Å². The fourth-order valence-electron chi connectivity index (χ4n) is 2.49. The Kier molecular flexibility index (Phi) is 3.38. The zero-order chi connectivity index (χ0) is 13.2. The van der Waals surface area contributed by atoms with Gasteiger partial charge in [0.2, 0.25) is 5.91 Å².